The highest BCUT2D eigenvalue weighted by molar-refractivity contribution is 6.24. The van der Waals surface area contributed by atoms with Crippen LogP contribution in [0.15, 0.2) is 30.0 Å². The zero-order valence-corrected chi connectivity index (χ0v) is 12.2. The molecule has 1 aliphatic heterocycles. The van der Waals surface area contributed by atoms with Crippen LogP contribution in [0.5, 0.6) is 11.5 Å². The smallest absolute Gasteiger partial charge is 0.343 e. The average molecular weight is 291 g/mol. The molecule has 0 amide bonds. The monoisotopic (exact) mass is 291 g/mol. The van der Waals surface area contributed by atoms with Crippen molar-refractivity contribution < 1.29 is 23.8 Å². The molecule has 0 saturated heterocycles. The SMILES string of the molecule is CCOC(=O)C(=CN(C)C)C(=O)c1ccc2c(c1)OCO2. The summed E-state index contributed by atoms with van der Waals surface area (Å²) in [7, 11) is 3.46. The van der Waals surface area contributed by atoms with Gasteiger partial charge in [0.25, 0.3) is 0 Å². The van der Waals surface area contributed by atoms with Gasteiger partial charge in [-0.1, -0.05) is 0 Å². The molecule has 0 unspecified atom stereocenters. The molecule has 0 aromatic heterocycles. The van der Waals surface area contributed by atoms with Crippen LogP contribution < -0.4 is 9.47 Å². The molecule has 0 fully saturated rings. The number of rotatable bonds is 5. The number of nitrogens with zero attached hydrogens (tertiary/aromatic N) is 1. The third-order valence-electron chi connectivity index (χ3n) is 2.76. The van der Waals surface area contributed by atoms with E-state index in [1.54, 1.807) is 44.1 Å². The summed E-state index contributed by atoms with van der Waals surface area (Å²) in [5, 5.41) is 0. The number of benzene rings is 1. The van der Waals surface area contributed by atoms with E-state index in [2.05, 4.69) is 0 Å². The molecule has 0 aliphatic carbocycles. The lowest BCUT2D eigenvalue weighted by molar-refractivity contribution is -0.138. The molecule has 0 spiro atoms. The van der Waals surface area contributed by atoms with Gasteiger partial charge in [-0.25, -0.2) is 4.79 Å². The Kier molecular flexibility index (Phi) is 4.47. The van der Waals surface area contributed by atoms with E-state index in [0.29, 0.717) is 17.1 Å². The van der Waals surface area contributed by atoms with E-state index in [-0.39, 0.29) is 19.0 Å². The van der Waals surface area contributed by atoms with Crippen LogP contribution in [0, 0.1) is 0 Å². The Morgan fingerprint density at radius 3 is 2.67 bits per heavy atom. The third kappa shape index (κ3) is 3.34. The number of Topliss-reactive ketones (excluding diaryl/α,β-unsaturated/α-hetero) is 1. The lowest BCUT2D eigenvalue weighted by Crippen LogP contribution is -2.19. The van der Waals surface area contributed by atoms with Gasteiger partial charge in [0.2, 0.25) is 12.6 Å². The van der Waals surface area contributed by atoms with E-state index in [1.807, 2.05) is 0 Å². The van der Waals surface area contributed by atoms with Gasteiger partial charge in [0.05, 0.1) is 6.61 Å². The van der Waals surface area contributed by atoms with Gasteiger partial charge in [0, 0.05) is 25.9 Å². The maximum atomic E-state index is 12.5. The first kappa shape index (κ1) is 14.9. The van der Waals surface area contributed by atoms with Crippen molar-refractivity contribution in [1.29, 1.82) is 0 Å². The summed E-state index contributed by atoms with van der Waals surface area (Å²) in [6, 6.07) is 4.81. The van der Waals surface area contributed by atoms with Crippen molar-refractivity contribution in [3.63, 3.8) is 0 Å². The molecule has 0 atom stereocenters. The first-order chi connectivity index (χ1) is 10.0. The minimum absolute atomic E-state index is 0.0271. The summed E-state index contributed by atoms with van der Waals surface area (Å²) in [6.07, 6.45) is 1.45. The number of hydrogen-bond acceptors (Lipinski definition) is 6. The molecular weight excluding hydrogens is 274 g/mol. The normalized spacial score (nSPS) is 13.0. The Hall–Kier alpha value is -2.50. The minimum atomic E-state index is -0.645. The second-order valence-electron chi connectivity index (χ2n) is 4.62. The van der Waals surface area contributed by atoms with Crippen molar-refractivity contribution in [3.8, 4) is 11.5 Å². The van der Waals surface area contributed by atoms with Gasteiger partial charge in [-0.15, -0.1) is 0 Å². The highest BCUT2D eigenvalue weighted by Gasteiger charge is 2.24. The molecule has 0 N–H and O–H groups in total. The summed E-state index contributed by atoms with van der Waals surface area (Å²) in [6.45, 7) is 2.03. The zero-order valence-electron chi connectivity index (χ0n) is 12.2. The fourth-order valence-electron chi connectivity index (χ4n) is 1.86. The summed E-state index contributed by atoms with van der Waals surface area (Å²) < 4.78 is 15.4. The van der Waals surface area contributed by atoms with Crippen LogP contribution in [0.1, 0.15) is 17.3 Å². The van der Waals surface area contributed by atoms with Crippen molar-refractivity contribution in [2.75, 3.05) is 27.5 Å². The van der Waals surface area contributed by atoms with Gasteiger partial charge in [0.1, 0.15) is 5.57 Å². The van der Waals surface area contributed by atoms with Crippen LogP contribution in [0.25, 0.3) is 0 Å². The molecule has 1 aliphatic rings. The highest BCUT2D eigenvalue weighted by Crippen LogP contribution is 2.33. The molecule has 6 heteroatoms. The van der Waals surface area contributed by atoms with Crippen LogP contribution in [-0.2, 0) is 9.53 Å². The van der Waals surface area contributed by atoms with Crippen LogP contribution in [0.3, 0.4) is 0 Å². The second kappa shape index (κ2) is 6.30. The van der Waals surface area contributed by atoms with Gasteiger partial charge in [0.15, 0.2) is 11.5 Å². The number of fused-ring (bicyclic) bond motifs is 1. The first-order valence-electron chi connectivity index (χ1n) is 6.52. The summed E-state index contributed by atoms with van der Waals surface area (Å²) >= 11 is 0. The number of hydrogen-bond donors (Lipinski definition) is 0. The van der Waals surface area contributed by atoms with Crippen molar-refractivity contribution in [3.05, 3.63) is 35.5 Å². The van der Waals surface area contributed by atoms with E-state index in [4.69, 9.17) is 14.2 Å². The number of esters is 1. The number of ether oxygens (including phenoxy) is 3. The molecule has 0 radical (unpaired) electrons. The van der Waals surface area contributed by atoms with Crippen LogP contribution in [0.2, 0.25) is 0 Å². The molecule has 1 aromatic rings. The zero-order chi connectivity index (χ0) is 15.4. The van der Waals surface area contributed by atoms with E-state index in [1.165, 1.54) is 6.20 Å². The lowest BCUT2D eigenvalue weighted by atomic mass is 10.0. The minimum Gasteiger partial charge on any atom is -0.462 e. The molecular formula is C15H17NO5. The molecule has 112 valence electrons. The molecule has 2 rings (SSSR count). The van der Waals surface area contributed by atoms with Crippen molar-refractivity contribution >= 4 is 11.8 Å². The van der Waals surface area contributed by atoms with Gasteiger partial charge >= 0.3 is 5.97 Å². The first-order valence-corrected chi connectivity index (χ1v) is 6.52. The fourth-order valence-corrected chi connectivity index (χ4v) is 1.86. The maximum Gasteiger partial charge on any atom is 0.343 e. The Balaban J connectivity index is 2.32. The van der Waals surface area contributed by atoms with Gasteiger partial charge < -0.3 is 19.1 Å². The quantitative estimate of drug-likeness (QED) is 0.270. The van der Waals surface area contributed by atoms with E-state index < -0.39 is 11.8 Å². The van der Waals surface area contributed by atoms with Gasteiger partial charge in [-0.05, 0) is 25.1 Å². The summed E-state index contributed by atoms with van der Waals surface area (Å²) in [5.74, 6) is 0.0176. The van der Waals surface area contributed by atoms with Gasteiger partial charge in [-0.2, -0.15) is 0 Å². The van der Waals surface area contributed by atoms with Crippen molar-refractivity contribution in [2.45, 2.75) is 6.92 Å². The predicted octanol–water partition coefficient (Wildman–Crippen LogP) is 1.61. The van der Waals surface area contributed by atoms with Crippen LogP contribution in [-0.4, -0.2) is 44.1 Å². The predicted molar refractivity (Wildman–Crippen MR) is 75.3 cm³/mol. The van der Waals surface area contributed by atoms with E-state index in [9.17, 15) is 9.59 Å². The van der Waals surface area contributed by atoms with Crippen molar-refractivity contribution in [1.82, 2.24) is 4.90 Å². The number of carbonyl (C=O) groups excluding carboxylic acids is 2. The van der Waals surface area contributed by atoms with Crippen molar-refractivity contribution in [2.24, 2.45) is 0 Å². The summed E-state index contributed by atoms with van der Waals surface area (Å²) in [4.78, 5) is 26.1. The van der Waals surface area contributed by atoms with Crippen LogP contribution in [0.4, 0.5) is 0 Å². The molecule has 0 bridgehead atoms. The molecule has 21 heavy (non-hydrogen) atoms. The molecule has 1 aromatic carbocycles. The largest absolute Gasteiger partial charge is 0.462 e. The maximum absolute atomic E-state index is 12.5. The highest BCUT2D eigenvalue weighted by atomic mass is 16.7. The van der Waals surface area contributed by atoms with Gasteiger partial charge in [-0.3, -0.25) is 4.79 Å². The van der Waals surface area contributed by atoms with E-state index >= 15 is 0 Å². The molecule has 6 nitrogen and oxygen atoms in total. The lowest BCUT2D eigenvalue weighted by Gasteiger charge is -2.11. The second-order valence-corrected chi connectivity index (χ2v) is 4.62. The third-order valence-corrected chi connectivity index (χ3v) is 2.76. The Morgan fingerprint density at radius 1 is 1.29 bits per heavy atom. The fraction of sp³-hybridized carbons (Fsp3) is 0.333. The Bertz CT molecular complexity index is 592. The van der Waals surface area contributed by atoms with E-state index in [0.717, 1.165) is 0 Å². The molecule has 0 saturated carbocycles. The average Bonchev–Trinajstić information content (AvgIpc) is 2.91. The Labute approximate surface area is 122 Å². The standard InChI is InChI=1S/C15H17NO5/c1-4-19-15(18)11(8-16(2)3)14(17)10-5-6-12-13(7-10)21-9-20-12/h5-8H,4,9H2,1-3H3. The molecule has 1 heterocycles. The van der Waals surface area contributed by atoms with Crippen LogP contribution >= 0.6 is 0 Å². The topological polar surface area (TPSA) is 65.1 Å². The number of ketones is 1. The Morgan fingerprint density at radius 2 is 2.00 bits per heavy atom. The number of carbonyl (C=O) groups is 2. The summed E-state index contributed by atoms with van der Waals surface area (Å²) in [5.41, 5.74) is 0.320.